The molecule has 0 atom stereocenters. The van der Waals surface area contributed by atoms with Crippen molar-refractivity contribution in [2.75, 3.05) is 22.3 Å². The van der Waals surface area contributed by atoms with Crippen molar-refractivity contribution in [3.63, 3.8) is 0 Å². The topological polar surface area (TPSA) is 53.6 Å². The van der Waals surface area contributed by atoms with Gasteiger partial charge in [-0.15, -0.1) is 0 Å². The lowest BCUT2D eigenvalue weighted by atomic mass is 10.0. The number of hydrogen-bond acceptors (Lipinski definition) is 4. The number of rotatable bonds is 5. The number of para-hydroxylation sites is 2. The zero-order chi connectivity index (χ0) is 25.2. The summed E-state index contributed by atoms with van der Waals surface area (Å²) in [5.74, 6) is 0.778. The van der Waals surface area contributed by atoms with Gasteiger partial charge in [0.2, 0.25) is 0 Å². The van der Waals surface area contributed by atoms with Crippen LogP contribution >= 0.6 is 0 Å². The molecule has 1 heterocycles. The number of ether oxygens (including phenoxy) is 1. The Morgan fingerprint density at radius 1 is 0.784 bits per heavy atom. The van der Waals surface area contributed by atoms with Gasteiger partial charge in [-0.2, -0.15) is 0 Å². The first-order chi connectivity index (χ1) is 18.1. The summed E-state index contributed by atoms with van der Waals surface area (Å²) < 4.78 is 6.06. The highest BCUT2D eigenvalue weighted by atomic mass is 16.5. The van der Waals surface area contributed by atoms with Crippen LogP contribution < -0.4 is 20.3 Å². The molecule has 2 N–H and O–H groups in total. The fourth-order valence-electron chi connectivity index (χ4n) is 4.68. The maximum absolute atomic E-state index is 13.1. The molecule has 1 amide bonds. The lowest BCUT2D eigenvalue weighted by molar-refractivity contribution is 0.102. The second-order valence-corrected chi connectivity index (χ2v) is 9.27. The number of fused-ring (bicyclic) bond motifs is 3. The average Bonchev–Trinajstić information content (AvgIpc) is 2.95. The van der Waals surface area contributed by atoms with E-state index in [1.54, 1.807) is 0 Å². The van der Waals surface area contributed by atoms with E-state index in [2.05, 4.69) is 64.9 Å². The number of anilines is 4. The Kier molecular flexibility index (Phi) is 5.95. The molecule has 37 heavy (non-hydrogen) atoms. The second-order valence-electron chi connectivity index (χ2n) is 9.27. The summed E-state index contributed by atoms with van der Waals surface area (Å²) in [6.07, 6.45) is 0. The standard InChI is InChI=1S/C32H27N3O2/c1-22-10-15-25(16-11-22)33-29-8-4-5-9-30(29)34-32(36)24-12-17-26(18-13-24)35-20-28-27-7-3-2-6-23(27)14-19-31(28)37-21-35/h2-19,33H,20-21H2,1H3,(H,34,36). The van der Waals surface area contributed by atoms with Crippen LogP contribution in [0.25, 0.3) is 10.8 Å². The molecule has 0 saturated heterocycles. The van der Waals surface area contributed by atoms with E-state index in [1.165, 1.54) is 21.9 Å². The van der Waals surface area contributed by atoms with Crippen LogP contribution in [0.15, 0.2) is 109 Å². The molecule has 0 saturated carbocycles. The minimum atomic E-state index is -0.157. The molecular weight excluding hydrogens is 458 g/mol. The Bertz CT molecular complexity index is 1580. The molecule has 5 aromatic rings. The minimum Gasteiger partial charge on any atom is -0.473 e. The lowest BCUT2D eigenvalue weighted by Crippen LogP contribution is -2.32. The second kappa shape index (κ2) is 9.70. The fourth-order valence-corrected chi connectivity index (χ4v) is 4.68. The molecule has 5 aromatic carbocycles. The molecule has 1 aliphatic heterocycles. The summed E-state index contributed by atoms with van der Waals surface area (Å²) >= 11 is 0. The van der Waals surface area contributed by atoms with Gasteiger partial charge >= 0.3 is 0 Å². The van der Waals surface area contributed by atoms with Gasteiger partial charge < -0.3 is 20.3 Å². The quantitative estimate of drug-likeness (QED) is 0.271. The summed E-state index contributed by atoms with van der Waals surface area (Å²) in [5.41, 5.74) is 6.52. The largest absolute Gasteiger partial charge is 0.473 e. The molecule has 0 bridgehead atoms. The highest BCUT2D eigenvalue weighted by molar-refractivity contribution is 6.06. The predicted octanol–water partition coefficient (Wildman–Crippen LogP) is 7.50. The molecule has 5 nitrogen and oxygen atoms in total. The molecule has 6 rings (SSSR count). The van der Waals surface area contributed by atoms with E-state index in [1.807, 2.05) is 66.7 Å². The molecule has 0 aliphatic carbocycles. The Labute approximate surface area is 216 Å². The van der Waals surface area contributed by atoms with Gasteiger partial charge in [-0.05, 0) is 72.3 Å². The van der Waals surface area contributed by atoms with Gasteiger partial charge in [0.05, 0.1) is 17.9 Å². The van der Waals surface area contributed by atoms with Crippen LogP contribution in [0.4, 0.5) is 22.7 Å². The van der Waals surface area contributed by atoms with Gasteiger partial charge in [0, 0.05) is 22.5 Å². The SMILES string of the molecule is Cc1ccc(Nc2ccccc2NC(=O)c2ccc(N3COc4ccc5ccccc5c4C3)cc2)cc1. The first-order valence-corrected chi connectivity index (χ1v) is 12.4. The highest BCUT2D eigenvalue weighted by Crippen LogP contribution is 2.34. The summed E-state index contributed by atoms with van der Waals surface area (Å²) in [4.78, 5) is 15.3. The Morgan fingerprint density at radius 3 is 2.32 bits per heavy atom. The molecule has 0 spiro atoms. The van der Waals surface area contributed by atoms with Gasteiger partial charge in [0.1, 0.15) is 5.75 Å². The fraction of sp³-hybridized carbons (Fsp3) is 0.0938. The molecular formula is C32H27N3O2. The van der Waals surface area contributed by atoms with Crippen LogP contribution in [0.1, 0.15) is 21.5 Å². The maximum Gasteiger partial charge on any atom is 0.255 e. The van der Waals surface area contributed by atoms with E-state index in [0.717, 1.165) is 35.0 Å². The molecule has 5 heteroatoms. The zero-order valence-corrected chi connectivity index (χ0v) is 20.6. The molecule has 0 aromatic heterocycles. The van der Waals surface area contributed by atoms with E-state index >= 15 is 0 Å². The van der Waals surface area contributed by atoms with Gasteiger partial charge in [0.15, 0.2) is 6.73 Å². The number of aryl methyl sites for hydroxylation is 1. The predicted molar refractivity (Wildman–Crippen MR) is 151 cm³/mol. The third-order valence-electron chi connectivity index (χ3n) is 6.72. The maximum atomic E-state index is 13.1. The first-order valence-electron chi connectivity index (χ1n) is 12.4. The number of benzene rings is 5. The minimum absolute atomic E-state index is 0.157. The number of carbonyl (C=O) groups excluding carboxylic acids is 1. The number of carbonyl (C=O) groups is 1. The van der Waals surface area contributed by atoms with Crippen molar-refractivity contribution in [2.45, 2.75) is 13.5 Å². The summed E-state index contributed by atoms with van der Waals surface area (Å²) in [6, 6.07) is 36.1. The van der Waals surface area contributed by atoms with Crippen LogP contribution in [0.5, 0.6) is 5.75 Å². The number of nitrogens with one attached hydrogen (secondary N) is 2. The van der Waals surface area contributed by atoms with Crippen molar-refractivity contribution in [1.82, 2.24) is 0 Å². The van der Waals surface area contributed by atoms with E-state index in [0.29, 0.717) is 12.3 Å². The van der Waals surface area contributed by atoms with Crippen molar-refractivity contribution in [3.05, 3.63) is 126 Å². The smallest absolute Gasteiger partial charge is 0.255 e. The van der Waals surface area contributed by atoms with Crippen molar-refractivity contribution in [1.29, 1.82) is 0 Å². The highest BCUT2D eigenvalue weighted by Gasteiger charge is 2.20. The van der Waals surface area contributed by atoms with Crippen LogP contribution in [-0.4, -0.2) is 12.6 Å². The van der Waals surface area contributed by atoms with Crippen molar-refractivity contribution < 1.29 is 9.53 Å². The Balaban J connectivity index is 1.17. The molecule has 0 unspecified atom stereocenters. The Morgan fingerprint density at radius 2 is 1.51 bits per heavy atom. The third kappa shape index (κ3) is 4.71. The van der Waals surface area contributed by atoms with E-state index in [-0.39, 0.29) is 5.91 Å². The van der Waals surface area contributed by atoms with Gasteiger partial charge in [-0.25, -0.2) is 0 Å². The van der Waals surface area contributed by atoms with Gasteiger partial charge in [-0.3, -0.25) is 4.79 Å². The van der Waals surface area contributed by atoms with Gasteiger partial charge in [-0.1, -0.05) is 60.2 Å². The lowest BCUT2D eigenvalue weighted by Gasteiger charge is -2.31. The summed E-state index contributed by atoms with van der Waals surface area (Å²) in [7, 11) is 0. The Hall–Kier alpha value is -4.77. The van der Waals surface area contributed by atoms with Crippen molar-refractivity contribution >= 4 is 39.4 Å². The number of hydrogen-bond donors (Lipinski definition) is 2. The average molecular weight is 486 g/mol. The van der Waals surface area contributed by atoms with Crippen molar-refractivity contribution in [2.24, 2.45) is 0 Å². The summed E-state index contributed by atoms with van der Waals surface area (Å²) in [6.45, 7) is 3.28. The number of amides is 1. The van der Waals surface area contributed by atoms with E-state index in [4.69, 9.17) is 4.74 Å². The molecule has 0 radical (unpaired) electrons. The van der Waals surface area contributed by atoms with Crippen molar-refractivity contribution in [3.8, 4) is 5.75 Å². The van der Waals surface area contributed by atoms with Gasteiger partial charge in [0.25, 0.3) is 5.91 Å². The van der Waals surface area contributed by atoms with Crippen LogP contribution in [0, 0.1) is 6.92 Å². The van der Waals surface area contributed by atoms with E-state index < -0.39 is 0 Å². The number of nitrogens with zero attached hydrogens (tertiary/aromatic N) is 1. The zero-order valence-electron chi connectivity index (χ0n) is 20.6. The molecule has 0 fully saturated rings. The van der Waals surface area contributed by atoms with Crippen LogP contribution in [0.2, 0.25) is 0 Å². The molecule has 182 valence electrons. The van der Waals surface area contributed by atoms with E-state index in [9.17, 15) is 4.79 Å². The van der Waals surface area contributed by atoms with Crippen LogP contribution in [0.3, 0.4) is 0 Å². The monoisotopic (exact) mass is 485 g/mol. The third-order valence-corrected chi connectivity index (χ3v) is 6.72. The molecule has 1 aliphatic rings. The first kappa shape index (κ1) is 22.7. The van der Waals surface area contributed by atoms with Crippen LogP contribution in [-0.2, 0) is 6.54 Å². The summed E-state index contributed by atoms with van der Waals surface area (Å²) in [5, 5.41) is 8.86. The normalized spacial score (nSPS) is 12.5.